The Morgan fingerprint density at radius 3 is 2.77 bits per heavy atom. The van der Waals surface area contributed by atoms with Crippen LogP contribution in [0, 0.1) is 6.92 Å². The molecule has 140 valence electrons. The van der Waals surface area contributed by atoms with Crippen LogP contribution in [-0.2, 0) is 9.73 Å². The molecule has 0 saturated heterocycles. The van der Waals surface area contributed by atoms with Crippen molar-refractivity contribution >= 4 is 43.5 Å². The Morgan fingerprint density at radius 1 is 1.38 bits per heavy atom. The lowest BCUT2D eigenvalue weighted by atomic mass is 10.3. The monoisotopic (exact) mass is 438 g/mol. The summed E-state index contributed by atoms with van der Waals surface area (Å²) in [6.07, 6.45) is 3.35. The van der Waals surface area contributed by atoms with Crippen molar-refractivity contribution in [3.63, 3.8) is 0 Å². The third-order valence-electron chi connectivity index (χ3n) is 3.75. The quantitative estimate of drug-likeness (QED) is 0.489. The predicted octanol–water partition coefficient (Wildman–Crippen LogP) is 4.56. The highest BCUT2D eigenvalue weighted by molar-refractivity contribution is 9.10. The van der Waals surface area contributed by atoms with E-state index in [9.17, 15) is 4.21 Å². The highest BCUT2D eigenvalue weighted by Crippen LogP contribution is 2.32. The number of nitrogens with zero attached hydrogens (tertiary/aromatic N) is 4. The molecular weight excluding hydrogens is 416 g/mol. The average Bonchev–Trinajstić information content (AvgIpc) is 2.62. The molecule has 2 aromatic rings. The van der Waals surface area contributed by atoms with Crippen molar-refractivity contribution in [1.29, 1.82) is 0 Å². The number of halogens is 1. The van der Waals surface area contributed by atoms with Gasteiger partial charge >= 0.3 is 0 Å². The smallest absolute Gasteiger partial charge is 0.176 e. The van der Waals surface area contributed by atoms with Crippen LogP contribution >= 0.6 is 15.9 Å². The molecule has 0 saturated carbocycles. The lowest BCUT2D eigenvalue weighted by molar-refractivity contribution is 0.413. The molecule has 0 aliphatic carbocycles. The van der Waals surface area contributed by atoms with Gasteiger partial charge in [-0.15, -0.1) is 0 Å². The van der Waals surface area contributed by atoms with Gasteiger partial charge in [-0.1, -0.05) is 6.07 Å². The van der Waals surface area contributed by atoms with Crippen molar-refractivity contribution in [2.75, 3.05) is 27.0 Å². The van der Waals surface area contributed by atoms with E-state index in [1.807, 2.05) is 31.9 Å². The second-order valence-electron chi connectivity index (χ2n) is 5.79. The van der Waals surface area contributed by atoms with Gasteiger partial charge in [0, 0.05) is 19.8 Å². The van der Waals surface area contributed by atoms with Gasteiger partial charge in [0.2, 0.25) is 0 Å². The highest BCUT2D eigenvalue weighted by atomic mass is 79.9. The highest BCUT2D eigenvalue weighted by Gasteiger charge is 2.12. The van der Waals surface area contributed by atoms with Crippen LogP contribution in [0.3, 0.4) is 0 Å². The topological polar surface area (TPSA) is 67.2 Å². The minimum Gasteiger partial charge on any atom is -0.497 e. The zero-order valence-electron chi connectivity index (χ0n) is 15.6. The molecular formula is C18H23BrN4O2S. The molecule has 0 amide bonds. The van der Waals surface area contributed by atoms with Gasteiger partial charge in [0.15, 0.2) is 5.82 Å². The number of aromatic nitrogens is 1. The first-order valence-electron chi connectivity index (χ1n) is 8.04. The average molecular weight is 439 g/mol. The van der Waals surface area contributed by atoms with Crippen molar-refractivity contribution in [2.24, 2.45) is 9.36 Å². The van der Waals surface area contributed by atoms with E-state index in [0.717, 1.165) is 12.2 Å². The molecule has 0 fully saturated rings. The van der Waals surface area contributed by atoms with Crippen molar-refractivity contribution in [1.82, 2.24) is 9.88 Å². The van der Waals surface area contributed by atoms with Gasteiger partial charge in [-0.05, 0) is 54.0 Å². The molecule has 0 N–H and O–H groups in total. The van der Waals surface area contributed by atoms with Crippen LogP contribution in [0.5, 0.6) is 5.75 Å². The third kappa shape index (κ3) is 5.04. The lowest BCUT2D eigenvalue weighted by Crippen LogP contribution is -2.14. The summed E-state index contributed by atoms with van der Waals surface area (Å²) in [6.45, 7) is 4.77. The van der Waals surface area contributed by atoms with Gasteiger partial charge in [-0.25, -0.2) is 14.2 Å². The first-order valence-corrected chi connectivity index (χ1v) is 10.8. The minimum atomic E-state index is -2.67. The number of rotatable bonds is 6. The molecule has 1 heterocycles. The zero-order valence-corrected chi connectivity index (χ0v) is 18.0. The molecule has 1 aromatic heterocycles. The Bertz CT molecular complexity index is 937. The summed E-state index contributed by atoms with van der Waals surface area (Å²) in [7, 11) is 0.852. The van der Waals surface area contributed by atoms with E-state index >= 15 is 0 Å². The number of aryl methyl sites for hydroxylation is 1. The van der Waals surface area contributed by atoms with Crippen molar-refractivity contribution in [3.8, 4) is 5.75 Å². The van der Waals surface area contributed by atoms with Gasteiger partial charge in [-0.3, -0.25) is 0 Å². The van der Waals surface area contributed by atoms with Gasteiger partial charge in [-0.2, -0.15) is 4.36 Å². The second-order valence-corrected chi connectivity index (χ2v) is 8.90. The van der Waals surface area contributed by atoms with Crippen LogP contribution in [0.15, 0.2) is 49.1 Å². The van der Waals surface area contributed by atoms with Crippen molar-refractivity contribution < 1.29 is 8.95 Å². The molecule has 0 radical (unpaired) electrons. The summed E-state index contributed by atoms with van der Waals surface area (Å²) in [6, 6.07) is 8.93. The Hall–Kier alpha value is -1.93. The maximum atomic E-state index is 13.1. The molecule has 0 aliphatic heterocycles. The third-order valence-corrected chi connectivity index (χ3v) is 5.99. The molecule has 1 aromatic carbocycles. The van der Waals surface area contributed by atoms with Crippen LogP contribution in [-0.4, -0.2) is 47.4 Å². The SMILES string of the molecule is CCN(C)C=Nc1cc(Br)c(N=S(C)(=O)c2cccc(OC)c2)nc1C. The fourth-order valence-corrected chi connectivity index (χ4v) is 3.80. The van der Waals surface area contributed by atoms with Crippen molar-refractivity contribution in [3.05, 3.63) is 40.5 Å². The Labute approximate surface area is 163 Å². The Morgan fingerprint density at radius 2 is 2.12 bits per heavy atom. The maximum absolute atomic E-state index is 13.1. The number of benzene rings is 1. The minimum absolute atomic E-state index is 0.389. The second kappa shape index (κ2) is 8.64. The van der Waals surface area contributed by atoms with E-state index in [-0.39, 0.29) is 0 Å². The van der Waals surface area contributed by atoms with Crippen molar-refractivity contribution in [2.45, 2.75) is 18.7 Å². The van der Waals surface area contributed by atoms with E-state index in [1.54, 1.807) is 44.0 Å². The Kier molecular flexibility index (Phi) is 6.77. The molecule has 0 aliphatic rings. The van der Waals surface area contributed by atoms with Crippen LogP contribution < -0.4 is 4.74 Å². The van der Waals surface area contributed by atoms with Gasteiger partial charge in [0.25, 0.3) is 0 Å². The maximum Gasteiger partial charge on any atom is 0.176 e. The summed E-state index contributed by atoms with van der Waals surface area (Å²) in [5.41, 5.74) is 1.45. The molecule has 1 unspecified atom stereocenters. The molecule has 2 rings (SSSR count). The molecule has 8 heteroatoms. The summed E-state index contributed by atoms with van der Waals surface area (Å²) in [5, 5.41) is 0. The molecule has 1 atom stereocenters. The lowest BCUT2D eigenvalue weighted by Gasteiger charge is -2.10. The zero-order chi connectivity index (χ0) is 19.3. The fourth-order valence-electron chi connectivity index (χ4n) is 2.05. The normalized spacial score (nSPS) is 13.5. The van der Waals surface area contributed by atoms with Gasteiger partial charge < -0.3 is 9.64 Å². The number of pyridine rings is 1. The summed E-state index contributed by atoms with van der Waals surface area (Å²) < 4.78 is 23.4. The number of methoxy groups -OCH3 is 1. The molecule has 0 bridgehead atoms. The number of hydrogen-bond acceptors (Lipinski definition) is 5. The van der Waals surface area contributed by atoms with Gasteiger partial charge in [0.1, 0.15) is 5.75 Å². The summed E-state index contributed by atoms with van der Waals surface area (Å²) in [5.74, 6) is 1.03. The summed E-state index contributed by atoms with van der Waals surface area (Å²) >= 11 is 3.46. The van der Waals surface area contributed by atoms with E-state index in [0.29, 0.717) is 26.6 Å². The number of aliphatic imine (C=N–C) groups is 1. The van der Waals surface area contributed by atoms with Crippen LogP contribution in [0.25, 0.3) is 0 Å². The first kappa shape index (κ1) is 20.4. The molecule has 6 nitrogen and oxygen atoms in total. The predicted molar refractivity (Wildman–Crippen MR) is 111 cm³/mol. The van der Waals surface area contributed by atoms with E-state index < -0.39 is 9.73 Å². The first-order chi connectivity index (χ1) is 12.3. The van der Waals surface area contributed by atoms with Crippen LogP contribution in [0.2, 0.25) is 0 Å². The molecule has 26 heavy (non-hydrogen) atoms. The standard InChI is InChI=1S/C18H23BrN4O2S/c1-6-23(3)12-20-17-11-16(19)18(21-13(17)2)22-26(5,24)15-9-7-8-14(10-15)25-4/h7-12H,6H2,1-5H3. The van der Waals surface area contributed by atoms with E-state index in [2.05, 4.69) is 30.3 Å². The largest absolute Gasteiger partial charge is 0.497 e. The fraction of sp³-hybridized carbons (Fsp3) is 0.333. The number of ether oxygens (including phenoxy) is 1. The Balaban J connectivity index is 2.45. The summed E-state index contributed by atoms with van der Waals surface area (Å²) in [4.78, 5) is 11.5. The van der Waals surface area contributed by atoms with E-state index in [1.165, 1.54) is 0 Å². The van der Waals surface area contributed by atoms with E-state index in [4.69, 9.17) is 4.74 Å². The molecule has 0 spiro atoms. The van der Waals surface area contributed by atoms with Gasteiger partial charge in [0.05, 0.1) is 43.9 Å². The van der Waals surface area contributed by atoms with Crippen LogP contribution in [0.1, 0.15) is 12.6 Å². The van der Waals surface area contributed by atoms with Crippen LogP contribution in [0.4, 0.5) is 11.5 Å². The number of hydrogen-bond donors (Lipinski definition) is 0.